The maximum Gasteiger partial charge on any atom is 0.416 e. The molecule has 0 spiro atoms. The van der Waals surface area contributed by atoms with Crippen molar-refractivity contribution in [1.29, 1.82) is 0 Å². The van der Waals surface area contributed by atoms with Crippen molar-refractivity contribution in [2.24, 2.45) is 0 Å². The smallest absolute Gasteiger partial charge is 0.309 e. The maximum absolute atomic E-state index is 14.6. The molecular formula is C74H44F6N8. The van der Waals surface area contributed by atoms with Gasteiger partial charge in [0.2, 0.25) is 0 Å². The van der Waals surface area contributed by atoms with Crippen LogP contribution in [0.15, 0.2) is 267 Å². The van der Waals surface area contributed by atoms with Gasteiger partial charge >= 0.3 is 12.4 Å². The van der Waals surface area contributed by atoms with Crippen molar-refractivity contribution in [2.45, 2.75) is 12.4 Å². The molecule has 0 aliphatic carbocycles. The van der Waals surface area contributed by atoms with Crippen molar-refractivity contribution in [1.82, 2.24) is 39.0 Å². The standard InChI is InChI=1S/C74H44F6N8/c75-73(76,77)51-38-40-61-57(43-51)53-30-13-15-34-59(53)87(61)63-36-18-32-55(71-83-67(45-20-5-1-6-21-45)81-68(84-71)46-22-7-2-8-23-46)65(63)49-28-17-29-50(42-49)66-56(72-85-69(47-24-9-3-10-25-47)82-70(86-72)48-26-11-4-12-27-48)33-19-37-64(66)88-60-35-16-14-31-54(60)58-44-52(74(78,79)80)39-41-62(58)88/h1-44H. The lowest BCUT2D eigenvalue weighted by atomic mass is 9.91. The quantitative estimate of drug-likeness (QED) is 0.127. The number of rotatable bonds is 10. The Labute approximate surface area is 499 Å². The van der Waals surface area contributed by atoms with Crippen LogP contribution in [0.3, 0.4) is 0 Å². The minimum atomic E-state index is -4.61. The zero-order valence-electron chi connectivity index (χ0n) is 46.2. The monoisotopic (exact) mass is 1160 g/mol. The van der Waals surface area contributed by atoms with Gasteiger partial charge in [0.25, 0.3) is 0 Å². The average Bonchev–Trinajstić information content (AvgIpc) is 1.63. The molecule has 0 saturated heterocycles. The Balaban J connectivity index is 1.05. The lowest BCUT2D eigenvalue weighted by Gasteiger charge is -2.21. The topological polar surface area (TPSA) is 87.2 Å². The molecule has 0 radical (unpaired) electrons. The average molecular weight is 1160 g/mol. The molecular weight excluding hydrogens is 1110 g/mol. The summed E-state index contributed by atoms with van der Waals surface area (Å²) in [5.74, 6) is 2.32. The largest absolute Gasteiger partial charge is 0.416 e. The second-order valence-corrected chi connectivity index (χ2v) is 21.2. The zero-order valence-corrected chi connectivity index (χ0v) is 46.2. The Kier molecular flexibility index (Phi) is 12.9. The van der Waals surface area contributed by atoms with Gasteiger partial charge in [0, 0.05) is 66.1 Å². The molecule has 8 nitrogen and oxygen atoms in total. The number of nitrogens with zero attached hydrogens (tertiary/aromatic N) is 8. The molecule has 0 unspecified atom stereocenters. The van der Waals surface area contributed by atoms with Crippen molar-refractivity contribution in [2.75, 3.05) is 0 Å². The van der Waals surface area contributed by atoms with Crippen LogP contribution in [-0.4, -0.2) is 39.0 Å². The Morgan fingerprint density at radius 3 is 0.886 bits per heavy atom. The number of halogens is 6. The van der Waals surface area contributed by atoms with Gasteiger partial charge in [0.1, 0.15) is 0 Å². The third kappa shape index (κ3) is 9.47. The van der Waals surface area contributed by atoms with Crippen LogP contribution in [0.1, 0.15) is 11.1 Å². The van der Waals surface area contributed by atoms with Gasteiger partial charge in [-0.3, -0.25) is 0 Å². The van der Waals surface area contributed by atoms with Crippen LogP contribution >= 0.6 is 0 Å². The highest BCUT2D eigenvalue weighted by Gasteiger charge is 2.33. The molecule has 4 aromatic heterocycles. The van der Waals surface area contributed by atoms with Gasteiger partial charge in [-0.25, -0.2) is 29.9 Å². The third-order valence-electron chi connectivity index (χ3n) is 15.9. The Hall–Kier alpha value is -11.4. The fraction of sp³-hybridized carbons (Fsp3) is 0.0270. The fourth-order valence-corrected chi connectivity index (χ4v) is 11.9. The normalized spacial score (nSPS) is 12.0. The van der Waals surface area contributed by atoms with Crippen LogP contribution in [0.2, 0.25) is 0 Å². The van der Waals surface area contributed by atoms with Crippen molar-refractivity contribution >= 4 is 43.6 Å². The van der Waals surface area contributed by atoms with E-state index >= 15 is 0 Å². The van der Waals surface area contributed by atoms with Crippen LogP contribution in [-0.2, 0) is 12.4 Å². The third-order valence-corrected chi connectivity index (χ3v) is 15.9. The first-order valence-corrected chi connectivity index (χ1v) is 28.2. The van der Waals surface area contributed by atoms with E-state index in [2.05, 4.69) is 0 Å². The number of hydrogen-bond acceptors (Lipinski definition) is 6. The summed E-state index contributed by atoms with van der Waals surface area (Å²) in [7, 11) is 0. The SMILES string of the molecule is FC(F)(F)c1ccc2c(c1)c1ccccc1n2-c1cccc(-c2nc(-c3ccccc3)nc(-c3ccccc3)n2)c1-c1cccc(-c2c(-c3nc(-c4ccccc4)nc(-c4ccccc4)n3)cccc2-n2c3ccccc3c3cc(C(F)(F)F)ccc32)c1. The molecule has 422 valence electrons. The summed E-state index contributed by atoms with van der Waals surface area (Å²) in [4.78, 5) is 31.0. The summed E-state index contributed by atoms with van der Waals surface area (Å²) in [6.45, 7) is 0. The highest BCUT2D eigenvalue weighted by molar-refractivity contribution is 6.12. The van der Waals surface area contributed by atoms with Crippen LogP contribution in [0.4, 0.5) is 26.3 Å². The first-order chi connectivity index (χ1) is 42.9. The lowest BCUT2D eigenvalue weighted by Crippen LogP contribution is -2.06. The van der Waals surface area contributed by atoms with Gasteiger partial charge in [-0.1, -0.05) is 200 Å². The van der Waals surface area contributed by atoms with E-state index in [4.69, 9.17) is 29.9 Å². The predicted octanol–water partition coefficient (Wildman–Crippen LogP) is 19.6. The molecule has 0 atom stereocenters. The van der Waals surface area contributed by atoms with Gasteiger partial charge in [0.05, 0.1) is 44.6 Å². The van der Waals surface area contributed by atoms with Gasteiger partial charge in [-0.05, 0) is 77.9 Å². The molecule has 88 heavy (non-hydrogen) atoms. The summed E-state index contributed by atoms with van der Waals surface area (Å²) >= 11 is 0. The molecule has 0 bridgehead atoms. The van der Waals surface area contributed by atoms with Crippen LogP contribution < -0.4 is 0 Å². The van der Waals surface area contributed by atoms with Crippen molar-refractivity contribution in [3.05, 3.63) is 278 Å². The molecule has 0 fully saturated rings. The lowest BCUT2D eigenvalue weighted by molar-refractivity contribution is -0.138. The van der Waals surface area contributed by atoms with Crippen molar-refractivity contribution < 1.29 is 26.3 Å². The molecule has 4 heterocycles. The predicted molar refractivity (Wildman–Crippen MR) is 335 cm³/mol. The van der Waals surface area contributed by atoms with Gasteiger partial charge < -0.3 is 9.13 Å². The summed E-state index contributed by atoms with van der Waals surface area (Å²) in [5, 5.41) is 2.03. The van der Waals surface area contributed by atoms with E-state index in [-0.39, 0.29) is 0 Å². The van der Waals surface area contributed by atoms with E-state index < -0.39 is 23.5 Å². The number of hydrogen-bond donors (Lipinski definition) is 0. The Morgan fingerprint density at radius 2 is 0.534 bits per heavy atom. The zero-order chi connectivity index (χ0) is 59.7. The van der Waals surface area contributed by atoms with Crippen molar-refractivity contribution in [3.63, 3.8) is 0 Å². The number of fused-ring (bicyclic) bond motifs is 6. The summed E-state index contributed by atoms with van der Waals surface area (Å²) in [5.41, 5.74) is 8.77. The molecule has 14 heteroatoms. The molecule has 15 rings (SSSR count). The Morgan fingerprint density at radius 1 is 0.239 bits per heavy atom. The van der Waals surface area contributed by atoms with E-state index in [0.29, 0.717) is 123 Å². The molecule has 11 aromatic carbocycles. The summed E-state index contributed by atoms with van der Waals surface area (Å²) < 4.78 is 91.8. The first-order valence-electron chi connectivity index (χ1n) is 28.2. The van der Waals surface area contributed by atoms with Crippen molar-refractivity contribution in [3.8, 4) is 102 Å². The highest BCUT2D eigenvalue weighted by atomic mass is 19.4. The van der Waals surface area contributed by atoms with E-state index in [0.717, 1.165) is 34.4 Å². The van der Waals surface area contributed by atoms with Crippen LogP contribution in [0, 0.1) is 0 Å². The van der Waals surface area contributed by atoms with Crippen LogP contribution in [0.5, 0.6) is 0 Å². The minimum absolute atomic E-state index is 0.326. The van der Waals surface area contributed by atoms with Gasteiger partial charge in [-0.15, -0.1) is 0 Å². The number of alkyl halides is 6. The van der Waals surface area contributed by atoms with E-state index in [9.17, 15) is 26.3 Å². The first kappa shape index (κ1) is 53.4. The van der Waals surface area contributed by atoms with Crippen LogP contribution in [0.25, 0.3) is 146 Å². The Bertz CT molecular complexity index is 4740. The fourth-order valence-electron chi connectivity index (χ4n) is 11.9. The second-order valence-electron chi connectivity index (χ2n) is 21.2. The summed E-state index contributed by atoms with van der Waals surface area (Å²) in [6.07, 6.45) is -9.22. The number of aromatic nitrogens is 8. The van der Waals surface area contributed by atoms with E-state index in [1.165, 1.54) is 24.3 Å². The van der Waals surface area contributed by atoms with Gasteiger partial charge in [-0.2, -0.15) is 26.3 Å². The molecule has 0 amide bonds. The van der Waals surface area contributed by atoms with E-state index in [1.807, 2.05) is 240 Å². The molecule has 0 aliphatic heterocycles. The molecule has 15 aromatic rings. The highest BCUT2D eigenvalue weighted by Crippen LogP contribution is 2.47. The second kappa shape index (κ2) is 21.3. The number of para-hydroxylation sites is 2. The summed E-state index contributed by atoms with van der Waals surface area (Å²) in [6, 6.07) is 80.4. The maximum atomic E-state index is 14.6. The minimum Gasteiger partial charge on any atom is -0.309 e. The molecule has 0 saturated carbocycles. The molecule has 0 aliphatic rings. The van der Waals surface area contributed by atoms with Gasteiger partial charge in [0.15, 0.2) is 34.9 Å². The van der Waals surface area contributed by atoms with E-state index in [1.54, 1.807) is 0 Å². The molecule has 0 N–H and O–H groups in total. The number of benzene rings is 11.